The smallest absolute Gasteiger partial charge is 0.433 e. The van der Waals surface area contributed by atoms with Crippen LogP contribution in [0.5, 0.6) is 0 Å². The summed E-state index contributed by atoms with van der Waals surface area (Å²) in [4.78, 5) is 13.0. The van der Waals surface area contributed by atoms with Crippen molar-refractivity contribution in [3.05, 3.63) is 35.2 Å². The van der Waals surface area contributed by atoms with Crippen molar-refractivity contribution in [2.24, 2.45) is 0 Å². The Balaban J connectivity index is 3.39. The highest BCUT2D eigenvalue weighted by Crippen LogP contribution is 2.35. The third kappa shape index (κ3) is 3.97. The standard InChI is InChI=1S/C10H5F6NO2/c11-9(12,13)5-1-3-7(10(14,15)16)17-6(5)2-4-8(18)19/h1-4H,(H,18,19)/b4-2+. The molecule has 1 heterocycles. The number of nitrogens with zero attached hydrogens (tertiary/aromatic N) is 1. The summed E-state index contributed by atoms with van der Waals surface area (Å²) in [7, 11) is 0. The Morgan fingerprint density at radius 3 is 2.11 bits per heavy atom. The van der Waals surface area contributed by atoms with Gasteiger partial charge in [-0.05, 0) is 18.2 Å². The van der Waals surface area contributed by atoms with Crippen LogP contribution in [0, 0.1) is 0 Å². The second-order valence-electron chi connectivity index (χ2n) is 3.30. The second-order valence-corrected chi connectivity index (χ2v) is 3.30. The van der Waals surface area contributed by atoms with Crippen LogP contribution < -0.4 is 0 Å². The lowest BCUT2D eigenvalue weighted by atomic mass is 10.1. The summed E-state index contributed by atoms with van der Waals surface area (Å²) in [5.74, 6) is -1.60. The Morgan fingerprint density at radius 2 is 1.68 bits per heavy atom. The van der Waals surface area contributed by atoms with Crippen molar-refractivity contribution in [3.63, 3.8) is 0 Å². The minimum absolute atomic E-state index is 0.181. The molecule has 0 saturated carbocycles. The second kappa shape index (κ2) is 4.90. The molecule has 0 radical (unpaired) electrons. The Bertz CT molecular complexity index is 518. The predicted octanol–water partition coefficient (Wildman–Crippen LogP) is 3.22. The molecule has 0 amide bonds. The van der Waals surface area contributed by atoms with Gasteiger partial charge in [0.25, 0.3) is 0 Å². The summed E-state index contributed by atoms with van der Waals surface area (Å²) >= 11 is 0. The van der Waals surface area contributed by atoms with E-state index in [4.69, 9.17) is 5.11 Å². The first-order valence-corrected chi connectivity index (χ1v) is 4.58. The van der Waals surface area contributed by atoms with Gasteiger partial charge in [-0.25, -0.2) is 9.78 Å². The fraction of sp³-hybridized carbons (Fsp3) is 0.200. The average Bonchev–Trinajstić information content (AvgIpc) is 2.23. The van der Waals surface area contributed by atoms with Gasteiger partial charge in [-0.3, -0.25) is 0 Å². The minimum Gasteiger partial charge on any atom is -0.478 e. The van der Waals surface area contributed by atoms with Gasteiger partial charge in [0, 0.05) is 6.08 Å². The Kier molecular flexibility index (Phi) is 3.87. The largest absolute Gasteiger partial charge is 0.478 e. The first-order valence-electron chi connectivity index (χ1n) is 4.58. The van der Waals surface area contributed by atoms with E-state index in [2.05, 4.69) is 4.98 Å². The van der Waals surface area contributed by atoms with Crippen molar-refractivity contribution in [2.45, 2.75) is 12.4 Å². The summed E-state index contributed by atoms with van der Waals surface area (Å²) in [5, 5.41) is 8.28. The number of aliphatic carboxylic acids is 1. The highest BCUT2D eigenvalue weighted by molar-refractivity contribution is 5.85. The van der Waals surface area contributed by atoms with E-state index < -0.39 is 35.3 Å². The first kappa shape index (κ1) is 15.0. The lowest BCUT2D eigenvalue weighted by molar-refractivity contribution is -0.144. The van der Waals surface area contributed by atoms with Crippen LogP contribution in [0.1, 0.15) is 17.0 Å². The van der Waals surface area contributed by atoms with Crippen LogP contribution in [0.25, 0.3) is 6.08 Å². The van der Waals surface area contributed by atoms with Crippen LogP contribution in [0.2, 0.25) is 0 Å². The van der Waals surface area contributed by atoms with Crippen LogP contribution in [0.15, 0.2) is 18.2 Å². The molecule has 1 N–H and O–H groups in total. The van der Waals surface area contributed by atoms with Crippen LogP contribution >= 0.6 is 0 Å². The number of alkyl halides is 6. The monoisotopic (exact) mass is 285 g/mol. The summed E-state index contributed by atoms with van der Waals surface area (Å²) in [6.45, 7) is 0. The predicted molar refractivity (Wildman–Crippen MR) is 50.9 cm³/mol. The maximum Gasteiger partial charge on any atom is 0.433 e. The third-order valence-corrected chi connectivity index (χ3v) is 1.90. The van der Waals surface area contributed by atoms with Gasteiger partial charge in [0.2, 0.25) is 0 Å². The number of rotatable bonds is 2. The highest BCUT2D eigenvalue weighted by Gasteiger charge is 2.37. The van der Waals surface area contributed by atoms with Crippen LogP contribution in [-0.4, -0.2) is 16.1 Å². The van der Waals surface area contributed by atoms with E-state index in [1.165, 1.54) is 0 Å². The Labute approximate surface area is 102 Å². The maximum atomic E-state index is 12.5. The molecule has 1 aromatic heterocycles. The van der Waals surface area contributed by atoms with Gasteiger partial charge in [-0.1, -0.05) is 0 Å². The molecule has 0 bridgehead atoms. The number of halogens is 6. The van der Waals surface area contributed by atoms with E-state index in [1.54, 1.807) is 0 Å². The van der Waals surface area contributed by atoms with Gasteiger partial charge in [-0.15, -0.1) is 0 Å². The molecule has 0 aliphatic carbocycles. The number of carboxylic acids is 1. The molecule has 1 rings (SSSR count). The zero-order valence-electron chi connectivity index (χ0n) is 8.88. The van der Waals surface area contributed by atoms with Crippen LogP contribution in [-0.2, 0) is 17.1 Å². The zero-order valence-corrected chi connectivity index (χ0v) is 8.88. The van der Waals surface area contributed by atoms with E-state index in [0.717, 1.165) is 0 Å². The summed E-state index contributed by atoms with van der Waals surface area (Å²) in [6.07, 6.45) is -9.22. The molecule has 19 heavy (non-hydrogen) atoms. The van der Waals surface area contributed by atoms with Crippen molar-refractivity contribution in [3.8, 4) is 0 Å². The molecule has 104 valence electrons. The molecule has 0 atom stereocenters. The number of carbonyl (C=O) groups is 1. The van der Waals surface area contributed by atoms with Gasteiger partial charge in [-0.2, -0.15) is 26.3 Å². The zero-order chi connectivity index (χ0) is 14.8. The van der Waals surface area contributed by atoms with E-state index in [1.807, 2.05) is 0 Å². The molecule has 0 saturated heterocycles. The SMILES string of the molecule is O=C(O)/C=C/c1nc(C(F)(F)F)ccc1C(F)(F)F. The summed E-state index contributed by atoms with van der Waals surface area (Å²) < 4.78 is 74.4. The van der Waals surface area contributed by atoms with Crippen molar-refractivity contribution in [1.82, 2.24) is 4.98 Å². The quantitative estimate of drug-likeness (QED) is 0.670. The number of hydrogen-bond acceptors (Lipinski definition) is 2. The fourth-order valence-electron chi connectivity index (χ4n) is 1.15. The molecule has 0 aromatic carbocycles. The molecular weight excluding hydrogens is 280 g/mol. The van der Waals surface area contributed by atoms with Gasteiger partial charge in [0.15, 0.2) is 0 Å². The Morgan fingerprint density at radius 1 is 1.11 bits per heavy atom. The lowest BCUT2D eigenvalue weighted by Crippen LogP contribution is -2.14. The van der Waals surface area contributed by atoms with Gasteiger partial charge in [0.05, 0.1) is 11.3 Å². The topological polar surface area (TPSA) is 50.2 Å². The number of carboxylic acid groups (broad SMARTS) is 1. The minimum atomic E-state index is -4.94. The molecule has 0 fully saturated rings. The molecule has 9 heteroatoms. The molecular formula is C10H5F6NO2. The number of hydrogen-bond donors (Lipinski definition) is 1. The fourth-order valence-corrected chi connectivity index (χ4v) is 1.15. The average molecular weight is 285 g/mol. The number of pyridine rings is 1. The van der Waals surface area contributed by atoms with Crippen LogP contribution in [0.3, 0.4) is 0 Å². The van der Waals surface area contributed by atoms with E-state index in [9.17, 15) is 31.1 Å². The van der Waals surface area contributed by atoms with Crippen molar-refractivity contribution in [2.75, 3.05) is 0 Å². The molecule has 0 spiro atoms. The summed E-state index contributed by atoms with van der Waals surface area (Å²) in [5.41, 5.74) is -4.09. The van der Waals surface area contributed by atoms with Gasteiger partial charge in [0.1, 0.15) is 5.69 Å². The van der Waals surface area contributed by atoms with Crippen molar-refractivity contribution >= 4 is 12.0 Å². The first-order chi connectivity index (χ1) is 8.51. The summed E-state index contributed by atoms with van der Waals surface area (Å²) in [6, 6.07) is 0.387. The molecule has 0 aliphatic heterocycles. The lowest BCUT2D eigenvalue weighted by Gasteiger charge is -2.12. The van der Waals surface area contributed by atoms with Gasteiger partial charge >= 0.3 is 18.3 Å². The van der Waals surface area contributed by atoms with Crippen molar-refractivity contribution in [1.29, 1.82) is 0 Å². The molecule has 0 unspecified atom stereocenters. The van der Waals surface area contributed by atoms with Crippen molar-refractivity contribution < 1.29 is 36.2 Å². The van der Waals surface area contributed by atoms with E-state index in [-0.39, 0.29) is 18.2 Å². The Hall–Kier alpha value is -2.06. The van der Waals surface area contributed by atoms with Gasteiger partial charge < -0.3 is 5.11 Å². The molecule has 0 aliphatic rings. The maximum absolute atomic E-state index is 12.5. The third-order valence-electron chi connectivity index (χ3n) is 1.90. The normalized spacial score (nSPS) is 12.9. The van der Waals surface area contributed by atoms with Crippen LogP contribution in [0.4, 0.5) is 26.3 Å². The van der Waals surface area contributed by atoms with E-state index in [0.29, 0.717) is 6.08 Å². The molecule has 1 aromatic rings. The van der Waals surface area contributed by atoms with E-state index >= 15 is 0 Å². The highest BCUT2D eigenvalue weighted by atomic mass is 19.4. The number of aromatic nitrogens is 1. The molecule has 3 nitrogen and oxygen atoms in total.